The molecule has 0 saturated carbocycles. The molecule has 2 aromatic rings. The zero-order valence-corrected chi connectivity index (χ0v) is 7.84. The van der Waals surface area contributed by atoms with Gasteiger partial charge in [-0.15, -0.1) is 0 Å². The van der Waals surface area contributed by atoms with Crippen molar-refractivity contribution in [2.24, 2.45) is 0 Å². The molecule has 3 rings (SSSR count). The van der Waals surface area contributed by atoms with Crippen LogP contribution in [0.1, 0.15) is 11.3 Å². The second-order valence-electron chi connectivity index (χ2n) is 3.30. The highest BCUT2D eigenvalue weighted by Gasteiger charge is 2.14. The summed E-state index contributed by atoms with van der Waals surface area (Å²) in [6.07, 6.45) is 6.89. The molecule has 0 fully saturated rings. The Morgan fingerprint density at radius 3 is 3.33 bits per heavy atom. The van der Waals surface area contributed by atoms with E-state index in [1.54, 1.807) is 16.8 Å². The minimum atomic E-state index is -0.245. The third-order valence-electron chi connectivity index (χ3n) is 2.39. The number of aromatic nitrogens is 3. The molecule has 0 aliphatic carbocycles. The smallest absolute Gasteiger partial charge is 0.296 e. The van der Waals surface area contributed by atoms with E-state index in [2.05, 4.69) is 15.4 Å². The average Bonchev–Trinajstić information content (AvgIpc) is 2.53. The van der Waals surface area contributed by atoms with E-state index in [0.717, 1.165) is 11.3 Å². The molecule has 1 aliphatic heterocycles. The van der Waals surface area contributed by atoms with Gasteiger partial charge in [0.1, 0.15) is 5.52 Å². The highest BCUT2D eigenvalue weighted by molar-refractivity contribution is 5.64. The van der Waals surface area contributed by atoms with Crippen LogP contribution in [-0.4, -0.2) is 14.6 Å². The summed E-state index contributed by atoms with van der Waals surface area (Å²) in [5.74, 6) is 0. The van der Waals surface area contributed by atoms with Crippen LogP contribution in [0.15, 0.2) is 29.5 Å². The minimum Gasteiger partial charge on any atom is -0.387 e. The zero-order valence-electron chi connectivity index (χ0n) is 7.84. The highest BCUT2D eigenvalue weighted by Crippen LogP contribution is 2.15. The summed E-state index contributed by atoms with van der Waals surface area (Å²) in [5.41, 5.74) is 2.04. The maximum Gasteiger partial charge on any atom is 0.296 e. The summed E-state index contributed by atoms with van der Waals surface area (Å²) < 4.78 is 1.58. The van der Waals surface area contributed by atoms with Gasteiger partial charge in [0, 0.05) is 24.5 Å². The lowest BCUT2D eigenvalue weighted by atomic mass is 10.2. The molecule has 2 aromatic heterocycles. The SMILES string of the molecule is O=c1ncccn2nc3c(c12)CNC=C3. The first kappa shape index (κ1) is 8.16. The Morgan fingerprint density at radius 1 is 1.47 bits per heavy atom. The molecule has 0 bridgehead atoms. The summed E-state index contributed by atoms with van der Waals surface area (Å²) in [4.78, 5) is 15.5. The number of nitrogens with one attached hydrogen (secondary N) is 1. The largest absolute Gasteiger partial charge is 0.387 e. The van der Waals surface area contributed by atoms with Crippen LogP contribution < -0.4 is 10.9 Å². The normalized spacial score (nSPS) is 13.6. The maximum absolute atomic E-state index is 11.7. The number of nitrogens with zero attached hydrogens (tertiary/aromatic N) is 3. The number of fused-ring (bicyclic) bond motifs is 3. The second-order valence-corrected chi connectivity index (χ2v) is 3.30. The standard InChI is InChI=1S/C10H8N4O/c15-10-9-7-6-11-4-2-8(7)13-14(9)5-1-3-12-10/h1-5,11H,6H2. The van der Waals surface area contributed by atoms with Crippen LogP contribution in [0.25, 0.3) is 11.6 Å². The summed E-state index contributed by atoms with van der Waals surface area (Å²) in [5, 5.41) is 7.36. The highest BCUT2D eigenvalue weighted by atomic mass is 16.1. The molecule has 0 atom stereocenters. The third-order valence-corrected chi connectivity index (χ3v) is 2.39. The lowest BCUT2D eigenvalue weighted by Crippen LogP contribution is -2.12. The molecule has 3 heterocycles. The molecule has 1 aliphatic rings. The predicted octanol–water partition coefficient (Wildman–Crippen LogP) is 0.163. The predicted molar refractivity (Wildman–Crippen MR) is 55.1 cm³/mol. The third kappa shape index (κ3) is 1.13. The van der Waals surface area contributed by atoms with Crippen LogP contribution in [0.5, 0.6) is 0 Å². The Morgan fingerprint density at radius 2 is 2.40 bits per heavy atom. The first-order chi connectivity index (χ1) is 7.36. The van der Waals surface area contributed by atoms with Gasteiger partial charge in [-0.1, -0.05) is 0 Å². The Labute approximate surface area is 85.1 Å². The molecule has 0 radical (unpaired) electrons. The Kier molecular flexibility index (Phi) is 1.58. The van der Waals surface area contributed by atoms with Gasteiger partial charge in [-0.3, -0.25) is 4.79 Å². The van der Waals surface area contributed by atoms with Crippen molar-refractivity contribution < 1.29 is 0 Å². The summed E-state index contributed by atoms with van der Waals surface area (Å²) in [7, 11) is 0. The van der Waals surface area contributed by atoms with E-state index >= 15 is 0 Å². The minimum absolute atomic E-state index is 0.245. The fourth-order valence-electron chi connectivity index (χ4n) is 1.72. The number of rotatable bonds is 0. The molecule has 0 amide bonds. The van der Waals surface area contributed by atoms with Gasteiger partial charge < -0.3 is 5.32 Å². The maximum atomic E-state index is 11.7. The summed E-state index contributed by atoms with van der Waals surface area (Å²) in [6.45, 7) is 0.621. The van der Waals surface area contributed by atoms with Crippen LogP contribution in [0.2, 0.25) is 0 Å². The van der Waals surface area contributed by atoms with Gasteiger partial charge in [-0.2, -0.15) is 5.10 Å². The summed E-state index contributed by atoms with van der Waals surface area (Å²) >= 11 is 0. The van der Waals surface area contributed by atoms with Crippen molar-refractivity contribution >= 4 is 11.6 Å². The molecular weight excluding hydrogens is 192 g/mol. The monoisotopic (exact) mass is 200 g/mol. The average molecular weight is 200 g/mol. The van der Waals surface area contributed by atoms with Crippen molar-refractivity contribution in [2.45, 2.75) is 6.54 Å². The molecule has 5 heteroatoms. The Bertz CT molecular complexity index is 614. The fourth-order valence-corrected chi connectivity index (χ4v) is 1.72. The first-order valence-electron chi connectivity index (χ1n) is 4.63. The van der Waals surface area contributed by atoms with Gasteiger partial charge in [0.05, 0.1) is 5.69 Å². The van der Waals surface area contributed by atoms with Crippen molar-refractivity contribution in [3.63, 3.8) is 0 Å². The van der Waals surface area contributed by atoms with Crippen molar-refractivity contribution in [1.29, 1.82) is 0 Å². The molecule has 0 saturated heterocycles. The van der Waals surface area contributed by atoms with E-state index in [1.165, 1.54) is 6.20 Å². The molecule has 5 nitrogen and oxygen atoms in total. The van der Waals surface area contributed by atoms with Crippen LogP contribution in [0.4, 0.5) is 0 Å². The zero-order chi connectivity index (χ0) is 10.3. The fraction of sp³-hybridized carbons (Fsp3) is 0.100. The quantitative estimate of drug-likeness (QED) is 0.658. The van der Waals surface area contributed by atoms with Crippen molar-refractivity contribution in [2.75, 3.05) is 0 Å². The van der Waals surface area contributed by atoms with Crippen LogP contribution in [0.3, 0.4) is 0 Å². The molecule has 0 aromatic carbocycles. The van der Waals surface area contributed by atoms with E-state index in [4.69, 9.17) is 0 Å². The van der Waals surface area contributed by atoms with E-state index in [1.807, 2.05) is 12.3 Å². The lowest BCUT2D eigenvalue weighted by Gasteiger charge is -2.04. The van der Waals surface area contributed by atoms with Gasteiger partial charge in [0.15, 0.2) is 0 Å². The van der Waals surface area contributed by atoms with Gasteiger partial charge in [-0.25, -0.2) is 9.50 Å². The van der Waals surface area contributed by atoms with Crippen molar-refractivity contribution in [1.82, 2.24) is 19.9 Å². The van der Waals surface area contributed by atoms with Crippen molar-refractivity contribution in [3.8, 4) is 0 Å². The Hall–Kier alpha value is -2.17. The van der Waals surface area contributed by atoms with Crippen LogP contribution >= 0.6 is 0 Å². The van der Waals surface area contributed by atoms with E-state index in [0.29, 0.717) is 12.1 Å². The van der Waals surface area contributed by atoms with Crippen LogP contribution in [0, 0.1) is 0 Å². The molecule has 15 heavy (non-hydrogen) atoms. The molecule has 74 valence electrons. The lowest BCUT2D eigenvalue weighted by molar-refractivity contribution is 0.862. The van der Waals surface area contributed by atoms with Gasteiger partial charge in [0.25, 0.3) is 5.56 Å². The van der Waals surface area contributed by atoms with Crippen LogP contribution in [-0.2, 0) is 6.54 Å². The van der Waals surface area contributed by atoms with Gasteiger partial charge in [-0.05, 0) is 18.3 Å². The molecule has 1 N–H and O–H groups in total. The van der Waals surface area contributed by atoms with E-state index < -0.39 is 0 Å². The molecule has 0 spiro atoms. The van der Waals surface area contributed by atoms with E-state index in [-0.39, 0.29) is 5.56 Å². The summed E-state index contributed by atoms with van der Waals surface area (Å²) in [6, 6.07) is 1.70. The topological polar surface area (TPSA) is 59.3 Å². The number of hydrogen-bond acceptors (Lipinski definition) is 4. The Balaban J connectivity index is 2.52. The molecular formula is C10H8N4O. The van der Waals surface area contributed by atoms with Gasteiger partial charge >= 0.3 is 0 Å². The van der Waals surface area contributed by atoms with E-state index in [9.17, 15) is 4.79 Å². The van der Waals surface area contributed by atoms with Crippen molar-refractivity contribution in [3.05, 3.63) is 46.3 Å². The second kappa shape index (κ2) is 2.91. The number of hydrogen-bond donors (Lipinski definition) is 1. The molecule has 0 unspecified atom stereocenters. The van der Waals surface area contributed by atoms with Gasteiger partial charge in [0.2, 0.25) is 0 Å². The first-order valence-corrected chi connectivity index (χ1v) is 4.63.